The fourth-order valence-corrected chi connectivity index (χ4v) is 3.71. The minimum Gasteiger partial charge on any atom is -0.367 e. The molecule has 1 amide bonds. The molecule has 1 aliphatic heterocycles. The quantitative estimate of drug-likeness (QED) is 0.724. The maximum atomic E-state index is 12.2. The highest BCUT2D eigenvalue weighted by Crippen LogP contribution is 2.24. The summed E-state index contributed by atoms with van der Waals surface area (Å²) in [6.45, 7) is 2.57. The van der Waals surface area contributed by atoms with Crippen LogP contribution in [0.4, 0.5) is 5.69 Å². The van der Waals surface area contributed by atoms with Gasteiger partial charge in [-0.3, -0.25) is 4.79 Å². The minimum atomic E-state index is -0.113. The number of carbonyl (C=O) groups is 1. The monoisotopic (exact) mass is 381 g/mol. The van der Waals surface area contributed by atoms with Crippen molar-refractivity contribution in [1.29, 1.82) is 5.26 Å². The predicted molar refractivity (Wildman–Crippen MR) is 115 cm³/mol. The van der Waals surface area contributed by atoms with Crippen LogP contribution in [0.15, 0.2) is 72.8 Å². The fraction of sp³-hybridized carbons (Fsp3) is 0.200. The van der Waals surface area contributed by atoms with Crippen LogP contribution in [-0.2, 0) is 19.4 Å². The van der Waals surface area contributed by atoms with Crippen molar-refractivity contribution in [1.82, 2.24) is 5.32 Å². The number of hydrogen-bond acceptors (Lipinski definition) is 3. The molecule has 0 fully saturated rings. The number of anilines is 1. The Morgan fingerprint density at radius 1 is 0.966 bits per heavy atom. The van der Waals surface area contributed by atoms with E-state index in [1.165, 1.54) is 22.4 Å². The summed E-state index contributed by atoms with van der Waals surface area (Å²) in [4.78, 5) is 14.6. The molecule has 144 valence electrons. The van der Waals surface area contributed by atoms with E-state index in [9.17, 15) is 4.79 Å². The van der Waals surface area contributed by atoms with Crippen LogP contribution in [0.3, 0.4) is 0 Å². The van der Waals surface area contributed by atoms with Crippen LogP contribution in [-0.4, -0.2) is 19.0 Å². The van der Waals surface area contributed by atoms with Crippen LogP contribution in [0.2, 0.25) is 0 Å². The fourth-order valence-electron chi connectivity index (χ4n) is 3.71. The normalized spacial score (nSPS) is 12.7. The Kier molecular flexibility index (Phi) is 5.58. The van der Waals surface area contributed by atoms with E-state index in [4.69, 9.17) is 5.26 Å². The van der Waals surface area contributed by atoms with Crippen LogP contribution in [0.5, 0.6) is 0 Å². The highest BCUT2D eigenvalue weighted by Gasteiger charge is 2.15. The standard InChI is InChI=1S/C25H23N3O/c26-17-20-5-9-22(10-6-20)25(29)27-15-13-19-7-11-24(12-8-19)28-16-14-21-3-1-2-4-23(21)18-28/h1-12H,13-16,18H2,(H,27,29). The Bertz CT molecular complexity index is 1030. The van der Waals surface area contributed by atoms with E-state index in [1.807, 2.05) is 0 Å². The molecule has 0 unspecified atom stereocenters. The summed E-state index contributed by atoms with van der Waals surface area (Å²) in [5.74, 6) is -0.113. The molecule has 3 aromatic rings. The van der Waals surface area contributed by atoms with Gasteiger partial charge >= 0.3 is 0 Å². The van der Waals surface area contributed by atoms with E-state index in [0.29, 0.717) is 17.7 Å². The molecule has 0 bridgehead atoms. The lowest BCUT2D eigenvalue weighted by molar-refractivity contribution is 0.0954. The first-order chi connectivity index (χ1) is 14.2. The molecule has 0 saturated carbocycles. The van der Waals surface area contributed by atoms with Crippen molar-refractivity contribution in [3.63, 3.8) is 0 Å². The summed E-state index contributed by atoms with van der Waals surface area (Å²) < 4.78 is 0. The van der Waals surface area contributed by atoms with E-state index in [0.717, 1.165) is 25.9 Å². The third-order valence-corrected chi connectivity index (χ3v) is 5.41. The van der Waals surface area contributed by atoms with Crippen molar-refractivity contribution in [2.75, 3.05) is 18.0 Å². The molecule has 0 spiro atoms. The molecule has 0 atom stereocenters. The first-order valence-electron chi connectivity index (χ1n) is 9.92. The van der Waals surface area contributed by atoms with Crippen molar-refractivity contribution in [3.8, 4) is 6.07 Å². The summed E-state index contributed by atoms with van der Waals surface area (Å²) in [5, 5.41) is 11.8. The van der Waals surface area contributed by atoms with Crippen LogP contribution in [0.25, 0.3) is 0 Å². The summed E-state index contributed by atoms with van der Waals surface area (Å²) in [6.07, 6.45) is 1.87. The smallest absolute Gasteiger partial charge is 0.251 e. The second-order valence-electron chi connectivity index (χ2n) is 7.30. The van der Waals surface area contributed by atoms with Crippen molar-refractivity contribution in [2.24, 2.45) is 0 Å². The number of benzene rings is 3. The number of amides is 1. The van der Waals surface area contributed by atoms with Gasteiger partial charge in [0.05, 0.1) is 11.6 Å². The van der Waals surface area contributed by atoms with Gasteiger partial charge in [-0.15, -0.1) is 0 Å². The van der Waals surface area contributed by atoms with Gasteiger partial charge in [0.1, 0.15) is 0 Å². The second-order valence-corrected chi connectivity index (χ2v) is 7.30. The molecule has 4 rings (SSSR count). The van der Waals surface area contributed by atoms with Gasteiger partial charge in [-0.2, -0.15) is 5.26 Å². The Hall–Kier alpha value is -3.58. The first-order valence-corrected chi connectivity index (χ1v) is 9.92. The molecule has 0 aliphatic carbocycles. The highest BCUT2D eigenvalue weighted by molar-refractivity contribution is 5.94. The number of nitriles is 1. The molecule has 29 heavy (non-hydrogen) atoms. The summed E-state index contributed by atoms with van der Waals surface area (Å²) in [6, 6.07) is 26.0. The Balaban J connectivity index is 1.30. The first kappa shape index (κ1) is 18.8. The van der Waals surface area contributed by atoms with E-state index in [1.54, 1.807) is 24.3 Å². The van der Waals surface area contributed by atoms with Gasteiger partial charge in [0, 0.05) is 30.9 Å². The zero-order valence-electron chi connectivity index (χ0n) is 16.3. The average molecular weight is 381 g/mol. The summed E-state index contributed by atoms with van der Waals surface area (Å²) in [7, 11) is 0. The van der Waals surface area contributed by atoms with Crippen LogP contribution in [0.1, 0.15) is 32.6 Å². The molecule has 0 radical (unpaired) electrons. The van der Waals surface area contributed by atoms with E-state index < -0.39 is 0 Å². The molecular weight excluding hydrogens is 358 g/mol. The van der Waals surface area contributed by atoms with Crippen LogP contribution in [0, 0.1) is 11.3 Å². The molecule has 3 aromatic carbocycles. The van der Waals surface area contributed by atoms with Crippen molar-refractivity contribution in [2.45, 2.75) is 19.4 Å². The molecular formula is C25H23N3O. The molecule has 1 heterocycles. The molecule has 1 aliphatic rings. The van der Waals surface area contributed by atoms with Gasteiger partial charge < -0.3 is 10.2 Å². The molecule has 0 saturated heterocycles. The third-order valence-electron chi connectivity index (χ3n) is 5.41. The topological polar surface area (TPSA) is 56.1 Å². The maximum absolute atomic E-state index is 12.2. The number of hydrogen-bond donors (Lipinski definition) is 1. The number of nitrogens with zero attached hydrogens (tertiary/aromatic N) is 2. The summed E-state index contributed by atoms with van der Waals surface area (Å²) >= 11 is 0. The van der Waals surface area contributed by atoms with Crippen molar-refractivity contribution in [3.05, 3.63) is 101 Å². The number of rotatable bonds is 5. The summed E-state index contributed by atoms with van der Waals surface area (Å²) in [5.41, 5.74) is 6.44. The average Bonchev–Trinajstić information content (AvgIpc) is 2.79. The van der Waals surface area contributed by atoms with Crippen LogP contribution >= 0.6 is 0 Å². The van der Waals surface area contributed by atoms with E-state index >= 15 is 0 Å². The van der Waals surface area contributed by atoms with Crippen LogP contribution < -0.4 is 10.2 Å². The van der Waals surface area contributed by atoms with Crippen molar-refractivity contribution >= 4 is 11.6 Å². The molecule has 4 heteroatoms. The largest absolute Gasteiger partial charge is 0.367 e. The lowest BCUT2D eigenvalue weighted by Gasteiger charge is -2.30. The molecule has 1 N–H and O–H groups in total. The van der Waals surface area contributed by atoms with E-state index in [-0.39, 0.29) is 5.91 Å². The zero-order valence-corrected chi connectivity index (χ0v) is 16.3. The Morgan fingerprint density at radius 3 is 2.41 bits per heavy atom. The van der Waals surface area contributed by atoms with E-state index in [2.05, 4.69) is 64.8 Å². The number of fused-ring (bicyclic) bond motifs is 1. The molecule has 0 aromatic heterocycles. The minimum absolute atomic E-state index is 0.113. The number of carbonyl (C=O) groups excluding carboxylic acids is 1. The van der Waals surface area contributed by atoms with Gasteiger partial charge in [-0.1, -0.05) is 36.4 Å². The van der Waals surface area contributed by atoms with Gasteiger partial charge in [0.25, 0.3) is 5.91 Å². The van der Waals surface area contributed by atoms with Crippen molar-refractivity contribution < 1.29 is 4.79 Å². The maximum Gasteiger partial charge on any atom is 0.251 e. The predicted octanol–water partition coefficient (Wildman–Crippen LogP) is 4.09. The Morgan fingerprint density at radius 2 is 1.69 bits per heavy atom. The zero-order chi connectivity index (χ0) is 20.1. The van der Waals surface area contributed by atoms with Gasteiger partial charge in [-0.25, -0.2) is 0 Å². The lowest BCUT2D eigenvalue weighted by Crippen LogP contribution is -2.30. The third kappa shape index (κ3) is 4.47. The van der Waals surface area contributed by atoms with Gasteiger partial charge in [0.2, 0.25) is 0 Å². The highest BCUT2D eigenvalue weighted by atomic mass is 16.1. The molecule has 4 nitrogen and oxygen atoms in total. The SMILES string of the molecule is N#Cc1ccc(C(=O)NCCc2ccc(N3CCc4ccccc4C3)cc2)cc1. The van der Waals surface area contributed by atoms with Gasteiger partial charge in [0.15, 0.2) is 0 Å². The second kappa shape index (κ2) is 8.62. The Labute approximate surface area is 171 Å². The van der Waals surface area contributed by atoms with Gasteiger partial charge in [-0.05, 0) is 65.9 Å². The lowest BCUT2D eigenvalue weighted by atomic mass is 9.99. The number of nitrogens with one attached hydrogen (secondary N) is 1.